The van der Waals surface area contributed by atoms with Gasteiger partial charge in [0.15, 0.2) is 0 Å². The van der Waals surface area contributed by atoms with Crippen molar-refractivity contribution in [2.45, 2.75) is 0 Å². The highest BCUT2D eigenvalue weighted by atomic mass is 35.5. The highest BCUT2D eigenvalue weighted by molar-refractivity contribution is 6.36. The highest BCUT2D eigenvalue weighted by Gasteiger charge is 1.98. The van der Waals surface area contributed by atoms with Crippen molar-refractivity contribution in [3.05, 3.63) is 33.8 Å². The number of nitrogens with one attached hydrogen (secondary N) is 1. The summed E-state index contributed by atoms with van der Waals surface area (Å²) >= 11 is 11.5. The second-order valence-electron chi connectivity index (χ2n) is 2.62. The monoisotopic (exact) mass is 246 g/mol. The number of nitrogens with zero attached hydrogens (tertiary/aromatic N) is 1. The number of aliphatic hydroxyl groups is 1. The van der Waals surface area contributed by atoms with Crippen molar-refractivity contribution in [2.75, 3.05) is 6.61 Å². The summed E-state index contributed by atoms with van der Waals surface area (Å²) in [4.78, 5) is 10.6. The maximum atomic E-state index is 10.6. The molecule has 0 aliphatic heterocycles. The van der Waals surface area contributed by atoms with Crippen LogP contribution >= 0.6 is 23.2 Å². The van der Waals surface area contributed by atoms with E-state index in [1.807, 2.05) is 0 Å². The summed E-state index contributed by atoms with van der Waals surface area (Å²) in [5.41, 5.74) is 2.74. The number of amides is 1. The molecular weight excluding hydrogens is 239 g/mol. The van der Waals surface area contributed by atoms with Crippen LogP contribution in [0.2, 0.25) is 10.0 Å². The van der Waals surface area contributed by atoms with Crippen LogP contribution in [0.15, 0.2) is 23.3 Å². The first-order valence-corrected chi connectivity index (χ1v) is 4.77. The first kappa shape index (κ1) is 12.0. The first-order valence-electron chi connectivity index (χ1n) is 4.01. The molecule has 6 heteroatoms. The molecule has 0 atom stereocenters. The summed E-state index contributed by atoms with van der Waals surface area (Å²) in [5, 5.41) is 12.9. The smallest absolute Gasteiger partial charge is 0.265 e. The van der Waals surface area contributed by atoms with Crippen LogP contribution in [0.25, 0.3) is 0 Å². The van der Waals surface area contributed by atoms with Crippen molar-refractivity contribution in [1.29, 1.82) is 0 Å². The van der Waals surface area contributed by atoms with E-state index in [9.17, 15) is 4.79 Å². The second kappa shape index (κ2) is 5.70. The van der Waals surface area contributed by atoms with Gasteiger partial charge in [0, 0.05) is 10.6 Å². The van der Waals surface area contributed by atoms with E-state index in [-0.39, 0.29) is 0 Å². The molecule has 0 heterocycles. The third-order valence-corrected chi connectivity index (χ3v) is 2.06. The molecule has 0 bridgehead atoms. The number of hydrogen-bond acceptors (Lipinski definition) is 3. The van der Waals surface area contributed by atoms with E-state index < -0.39 is 12.5 Å². The normalized spacial score (nSPS) is 10.6. The third-order valence-electron chi connectivity index (χ3n) is 1.50. The van der Waals surface area contributed by atoms with E-state index >= 15 is 0 Å². The van der Waals surface area contributed by atoms with Crippen LogP contribution in [0, 0.1) is 0 Å². The van der Waals surface area contributed by atoms with Crippen LogP contribution < -0.4 is 5.43 Å². The Balaban J connectivity index is 2.68. The van der Waals surface area contributed by atoms with Gasteiger partial charge in [-0.3, -0.25) is 4.79 Å². The Hall–Kier alpha value is -1.10. The fourth-order valence-corrected chi connectivity index (χ4v) is 1.27. The van der Waals surface area contributed by atoms with Crippen LogP contribution in [0.1, 0.15) is 5.56 Å². The lowest BCUT2D eigenvalue weighted by Gasteiger charge is -1.98. The lowest BCUT2D eigenvalue weighted by atomic mass is 10.2. The zero-order valence-electron chi connectivity index (χ0n) is 7.58. The summed E-state index contributed by atoms with van der Waals surface area (Å²) in [6, 6.07) is 4.89. The van der Waals surface area contributed by atoms with Crippen molar-refractivity contribution < 1.29 is 9.90 Å². The number of carbonyl (C=O) groups is 1. The summed E-state index contributed by atoms with van der Waals surface area (Å²) in [7, 11) is 0. The SMILES string of the molecule is O=C(CO)N/N=C/c1ccc(Cl)cc1Cl. The summed E-state index contributed by atoms with van der Waals surface area (Å²) in [6.07, 6.45) is 1.37. The molecule has 0 saturated carbocycles. The molecule has 1 aromatic rings. The Kier molecular flexibility index (Phi) is 4.55. The van der Waals surface area contributed by atoms with E-state index in [2.05, 4.69) is 10.5 Å². The molecule has 0 aliphatic rings. The van der Waals surface area contributed by atoms with E-state index in [1.165, 1.54) is 6.21 Å². The van der Waals surface area contributed by atoms with Gasteiger partial charge in [0.2, 0.25) is 0 Å². The fourth-order valence-electron chi connectivity index (χ4n) is 0.815. The van der Waals surface area contributed by atoms with Gasteiger partial charge in [-0.15, -0.1) is 0 Å². The van der Waals surface area contributed by atoms with Gasteiger partial charge in [-0.05, 0) is 12.1 Å². The Bertz CT molecular complexity index is 394. The minimum atomic E-state index is -0.605. The minimum Gasteiger partial charge on any atom is -0.386 e. The number of hydrazone groups is 1. The standard InChI is InChI=1S/C9H8Cl2N2O2/c10-7-2-1-6(8(11)3-7)4-12-13-9(15)5-14/h1-4,14H,5H2,(H,13,15)/b12-4+. The van der Waals surface area contributed by atoms with E-state index in [1.54, 1.807) is 18.2 Å². The molecule has 15 heavy (non-hydrogen) atoms. The molecular formula is C9H8Cl2N2O2. The van der Waals surface area contributed by atoms with Gasteiger partial charge in [-0.1, -0.05) is 29.3 Å². The topological polar surface area (TPSA) is 61.7 Å². The summed E-state index contributed by atoms with van der Waals surface area (Å²) in [6.45, 7) is -0.605. The van der Waals surface area contributed by atoms with Gasteiger partial charge in [0.25, 0.3) is 5.91 Å². The lowest BCUT2D eigenvalue weighted by Crippen LogP contribution is -2.20. The van der Waals surface area contributed by atoms with Crippen molar-refractivity contribution in [3.8, 4) is 0 Å². The average molecular weight is 247 g/mol. The van der Waals surface area contributed by atoms with Gasteiger partial charge in [0.05, 0.1) is 11.2 Å². The van der Waals surface area contributed by atoms with Gasteiger partial charge in [0.1, 0.15) is 6.61 Å². The van der Waals surface area contributed by atoms with E-state index in [0.717, 1.165) is 0 Å². The number of aliphatic hydroxyl groups excluding tert-OH is 1. The van der Waals surface area contributed by atoms with Crippen molar-refractivity contribution in [1.82, 2.24) is 5.43 Å². The number of halogens is 2. The van der Waals surface area contributed by atoms with Crippen LogP contribution in [0.3, 0.4) is 0 Å². The molecule has 80 valence electrons. The second-order valence-corrected chi connectivity index (χ2v) is 3.46. The van der Waals surface area contributed by atoms with E-state index in [0.29, 0.717) is 15.6 Å². The number of hydrogen-bond donors (Lipinski definition) is 2. The van der Waals surface area contributed by atoms with Crippen LogP contribution in [0.4, 0.5) is 0 Å². The van der Waals surface area contributed by atoms with Crippen molar-refractivity contribution >= 4 is 35.3 Å². The largest absolute Gasteiger partial charge is 0.386 e. The summed E-state index contributed by atoms with van der Waals surface area (Å²) in [5.74, 6) is -0.587. The lowest BCUT2D eigenvalue weighted by molar-refractivity contribution is -0.123. The average Bonchev–Trinajstić information content (AvgIpc) is 2.21. The Labute approximate surface area is 96.5 Å². The maximum Gasteiger partial charge on any atom is 0.265 e. The van der Waals surface area contributed by atoms with Crippen molar-refractivity contribution in [2.24, 2.45) is 5.10 Å². The van der Waals surface area contributed by atoms with Gasteiger partial charge >= 0.3 is 0 Å². The predicted molar refractivity (Wildman–Crippen MR) is 59.3 cm³/mol. The molecule has 2 N–H and O–H groups in total. The van der Waals surface area contributed by atoms with Crippen LogP contribution in [-0.4, -0.2) is 23.8 Å². The maximum absolute atomic E-state index is 10.6. The first-order chi connectivity index (χ1) is 7.13. The molecule has 0 aromatic heterocycles. The molecule has 1 amide bonds. The molecule has 0 radical (unpaired) electrons. The predicted octanol–water partition coefficient (Wildman–Crippen LogP) is 1.44. The molecule has 1 rings (SSSR count). The van der Waals surface area contributed by atoms with Gasteiger partial charge in [-0.25, -0.2) is 5.43 Å². The summed E-state index contributed by atoms with van der Waals surface area (Å²) < 4.78 is 0. The molecule has 0 unspecified atom stereocenters. The quantitative estimate of drug-likeness (QED) is 0.627. The Morgan fingerprint density at radius 3 is 2.87 bits per heavy atom. The van der Waals surface area contributed by atoms with E-state index in [4.69, 9.17) is 28.3 Å². The van der Waals surface area contributed by atoms with Crippen LogP contribution in [-0.2, 0) is 4.79 Å². The zero-order valence-corrected chi connectivity index (χ0v) is 9.09. The Morgan fingerprint density at radius 2 is 2.27 bits per heavy atom. The number of benzene rings is 1. The van der Waals surface area contributed by atoms with Gasteiger partial charge in [-0.2, -0.15) is 5.10 Å². The molecule has 0 aliphatic carbocycles. The Morgan fingerprint density at radius 1 is 1.53 bits per heavy atom. The van der Waals surface area contributed by atoms with Crippen molar-refractivity contribution in [3.63, 3.8) is 0 Å². The molecule has 0 spiro atoms. The molecule has 4 nitrogen and oxygen atoms in total. The minimum absolute atomic E-state index is 0.435. The van der Waals surface area contributed by atoms with Crippen LogP contribution in [0.5, 0.6) is 0 Å². The zero-order chi connectivity index (χ0) is 11.3. The molecule has 0 fully saturated rings. The number of carbonyl (C=O) groups excluding carboxylic acids is 1. The molecule has 0 saturated heterocycles. The fraction of sp³-hybridized carbons (Fsp3) is 0.111. The third kappa shape index (κ3) is 3.87. The number of rotatable bonds is 3. The molecule has 1 aromatic carbocycles. The van der Waals surface area contributed by atoms with Gasteiger partial charge < -0.3 is 5.11 Å². The highest BCUT2D eigenvalue weighted by Crippen LogP contribution is 2.19.